The summed E-state index contributed by atoms with van der Waals surface area (Å²) in [5, 5.41) is 9.52. The van der Waals surface area contributed by atoms with E-state index in [9.17, 15) is 9.90 Å². The molecule has 0 saturated carbocycles. The molecule has 1 aromatic heterocycles. The summed E-state index contributed by atoms with van der Waals surface area (Å²) in [6, 6.07) is 7.92. The van der Waals surface area contributed by atoms with E-state index in [-0.39, 0.29) is 11.7 Å². The number of hydrogen-bond donors (Lipinski definition) is 1. The monoisotopic (exact) mass is 262 g/mol. The number of halogens is 1. The highest BCUT2D eigenvalue weighted by Crippen LogP contribution is 2.21. The zero-order valence-electron chi connectivity index (χ0n) is 9.67. The highest BCUT2D eigenvalue weighted by atomic mass is 35.5. The van der Waals surface area contributed by atoms with E-state index in [1.54, 1.807) is 25.2 Å². The molecule has 4 nitrogen and oxygen atoms in total. The van der Waals surface area contributed by atoms with Crippen LogP contribution in [0.3, 0.4) is 0 Å². The molecule has 5 heteroatoms. The second-order valence-electron chi connectivity index (χ2n) is 3.74. The van der Waals surface area contributed by atoms with E-state index in [0.29, 0.717) is 16.3 Å². The minimum atomic E-state index is -0.229. The van der Waals surface area contributed by atoms with Crippen LogP contribution >= 0.6 is 11.6 Å². The van der Waals surface area contributed by atoms with Crippen LogP contribution in [0.4, 0.5) is 5.69 Å². The normalized spacial score (nSPS) is 10.1. The molecule has 0 atom stereocenters. The fourth-order valence-corrected chi connectivity index (χ4v) is 1.72. The van der Waals surface area contributed by atoms with Gasteiger partial charge in [-0.1, -0.05) is 11.6 Å². The molecular weight excluding hydrogens is 252 g/mol. The summed E-state index contributed by atoms with van der Waals surface area (Å²) in [4.78, 5) is 17.5. The van der Waals surface area contributed by atoms with Crippen molar-refractivity contribution in [3.63, 3.8) is 0 Å². The Bertz CT molecular complexity index is 569. The molecule has 0 spiro atoms. The number of pyridine rings is 1. The number of aromatic nitrogens is 1. The maximum absolute atomic E-state index is 12.2. The molecule has 0 aliphatic carbocycles. The molecule has 1 N–H and O–H groups in total. The van der Waals surface area contributed by atoms with Crippen molar-refractivity contribution in [1.82, 2.24) is 4.98 Å². The number of hydrogen-bond acceptors (Lipinski definition) is 3. The second-order valence-corrected chi connectivity index (χ2v) is 4.14. The lowest BCUT2D eigenvalue weighted by atomic mass is 10.2. The molecule has 92 valence electrons. The zero-order chi connectivity index (χ0) is 13.1. The molecule has 0 aliphatic rings. The van der Waals surface area contributed by atoms with Crippen molar-refractivity contribution in [2.75, 3.05) is 11.9 Å². The summed E-state index contributed by atoms with van der Waals surface area (Å²) in [5.74, 6) is -0.0744. The third-order valence-electron chi connectivity index (χ3n) is 2.54. The molecule has 0 aliphatic heterocycles. The van der Waals surface area contributed by atoms with E-state index < -0.39 is 0 Å². The minimum Gasteiger partial charge on any atom is -0.508 e. The van der Waals surface area contributed by atoms with E-state index in [1.807, 2.05) is 0 Å². The van der Waals surface area contributed by atoms with Gasteiger partial charge in [-0.3, -0.25) is 9.78 Å². The number of phenols is 1. The van der Waals surface area contributed by atoms with Crippen LogP contribution in [0.15, 0.2) is 42.7 Å². The van der Waals surface area contributed by atoms with Crippen molar-refractivity contribution in [2.45, 2.75) is 0 Å². The first-order valence-electron chi connectivity index (χ1n) is 5.26. The number of rotatable bonds is 2. The first-order valence-corrected chi connectivity index (χ1v) is 5.64. The van der Waals surface area contributed by atoms with Gasteiger partial charge in [-0.05, 0) is 30.3 Å². The van der Waals surface area contributed by atoms with E-state index in [0.717, 1.165) is 0 Å². The number of nitrogens with zero attached hydrogens (tertiary/aromatic N) is 2. The van der Waals surface area contributed by atoms with Crippen molar-refractivity contribution in [3.8, 4) is 5.75 Å². The van der Waals surface area contributed by atoms with Gasteiger partial charge in [-0.2, -0.15) is 0 Å². The Hall–Kier alpha value is -2.07. The minimum absolute atomic E-state index is 0.154. The van der Waals surface area contributed by atoms with Gasteiger partial charge < -0.3 is 10.0 Å². The molecule has 0 fully saturated rings. The van der Waals surface area contributed by atoms with Crippen LogP contribution in [0.2, 0.25) is 5.02 Å². The van der Waals surface area contributed by atoms with Crippen LogP contribution in [0, 0.1) is 0 Å². The predicted molar refractivity (Wildman–Crippen MR) is 70.1 cm³/mol. The van der Waals surface area contributed by atoms with Gasteiger partial charge in [-0.15, -0.1) is 0 Å². The number of carbonyl (C=O) groups excluding carboxylic acids is 1. The molecule has 2 aromatic rings. The van der Waals surface area contributed by atoms with Gasteiger partial charge in [0.25, 0.3) is 5.91 Å². The molecular formula is C13H11ClN2O2. The highest BCUT2D eigenvalue weighted by Gasteiger charge is 2.16. The van der Waals surface area contributed by atoms with Crippen LogP contribution in [0.1, 0.15) is 10.4 Å². The Balaban J connectivity index is 2.29. The van der Waals surface area contributed by atoms with Gasteiger partial charge in [0, 0.05) is 25.1 Å². The lowest BCUT2D eigenvalue weighted by molar-refractivity contribution is 0.0993. The number of aromatic hydroxyl groups is 1. The van der Waals surface area contributed by atoms with E-state index in [1.165, 1.54) is 29.4 Å². The van der Waals surface area contributed by atoms with Crippen molar-refractivity contribution in [3.05, 3.63) is 53.3 Å². The maximum atomic E-state index is 12.2. The summed E-state index contributed by atoms with van der Waals surface area (Å²) in [6.45, 7) is 0. The topological polar surface area (TPSA) is 53.4 Å². The lowest BCUT2D eigenvalue weighted by Crippen LogP contribution is -2.26. The number of amides is 1. The van der Waals surface area contributed by atoms with E-state index in [2.05, 4.69) is 4.98 Å². The molecule has 0 unspecified atom stereocenters. The second kappa shape index (κ2) is 5.06. The van der Waals surface area contributed by atoms with Crippen LogP contribution in [0.5, 0.6) is 5.75 Å². The Morgan fingerprint density at radius 3 is 2.56 bits per heavy atom. The molecule has 0 saturated heterocycles. The molecule has 18 heavy (non-hydrogen) atoms. The van der Waals surface area contributed by atoms with E-state index >= 15 is 0 Å². The highest BCUT2D eigenvalue weighted by molar-refractivity contribution is 6.34. The molecule has 2 rings (SSSR count). The largest absolute Gasteiger partial charge is 0.508 e. The predicted octanol–water partition coefficient (Wildman–Crippen LogP) is 2.72. The first kappa shape index (κ1) is 12.4. The van der Waals surface area contributed by atoms with Crippen LogP contribution in [-0.2, 0) is 0 Å². The summed E-state index contributed by atoms with van der Waals surface area (Å²) < 4.78 is 0. The number of carbonyl (C=O) groups is 1. The number of phenolic OH excluding ortho intramolecular Hbond substituents is 1. The van der Waals surface area contributed by atoms with Gasteiger partial charge in [0.05, 0.1) is 10.6 Å². The average molecular weight is 263 g/mol. The molecule has 0 radical (unpaired) electrons. The fraction of sp³-hybridized carbons (Fsp3) is 0.0769. The summed E-state index contributed by atoms with van der Waals surface area (Å²) in [5.41, 5.74) is 1.06. The Kier molecular flexibility index (Phi) is 3.48. The van der Waals surface area contributed by atoms with Crippen LogP contribution < -0.4 is 4.90 Å². The van der Waals surface area contributed by atoms with Crippen molar-refractivity contribution >= 4 is 23.2 Å². The maximum Gasteiger partial charge on any atom is 0.259 e. The first-order chi connectivity index (χ1) is 8.59. The van der Waals surface area contributed by atoms with Crippen LogP contribution in [0.25, 0.3) is 0 Å². The molecule has 1 aromatic carbocycles. The molecule has 0 bridgehead atoms. The molecule has 1 amide bonds. The standard InChI is InChI=1S/C13H11ClN2O2/c1-16(9-2-4-10(17)5-3-9)13(18)11-6-7-15-8-12(11)14/h2-8,17H,1H3. The number of anilines is 1. The van der Waals surface area contributed by atoms with Gasteiger partial charge in [-0.25, -0.2) is 0 Å². The zero-order valence-corrected chi connectivity index (χ0v) is 10.4. The van der Waals surface area contributed by atoms with Crippen LogP contribution in [-0.4, -0.2) is 23.0 Å². The van der Waals surface area contributed by atoms with Crippen molar-refractivity contribution < 1.29 is 9.90 Å². The van der Waals surface area contributed by atoms with Gasteiger partial charge >= 0.3 is 0 Å². The van der Waals surface area contributed by atoms with Gasteiger partial charge in [0.2, 0.25) is 0 Å². The lowest BCUT2D eigenvalue weighted by Gasteiger charge is -2.17. The summed E-state index contributed by atoms with van der Waals surface area (Å²) in [6.07, 6.45) is 2.95. The summed E-state index contributed by atoms with van der Waals surface area (Å²) >= 11 is 5.93. The Morgan fingerprint density at radius 1 is 1.28 bits per heavy atom. The Morgan fingerprint density at radius 2 is 1.94 bits per heavy atom. The smallest absolute Gasteiger partial charge is 0.259 e. The fourth-order valence-electron chi connectivity index (χ4n) is 1.52. The summed E-state index contributed by atoms with van der Waals surface area (Å²) in [7, 11) is 1.64. The third kappa shape index (κ3) is 2.43. The van der Waals surface area contributed by atoms with Crippen molar-refractivity contribution in [2.24, 2.45) is 0 Å². The number of benzene rings is 1. The SMILES string of the molecule is CN(C(=O)c1ccncc1Cl)c1ccc(O)cc1. The average Bonchev–Trinajstić information content (AvgIpc) is 2.38. The van der Waals surface area contributed by atoms with Gasteiger partial charge in [0.1, 0.15) is 5.75 Å². The third-order valence-corrected chi connectivity index (χ3v) is 2.85. The van der Waals surface area contributed by atoms with E-state index in [4.69, 9.17) is 11.6 Å². The quantitative estimate of drug-likeness (QED) is 0.905. The Labute approximate surface area is 109 Å². The van der Waals surface area contributed by atoms with Crippen molar-refractivity contribution in [1.29, 1.82) is 0 Å². The molecule has 1 heterocycles. The van der Waals surface area contributed by atoms with Gasteiger partial charge in [0.15, 0.2) is 0 Å².